The number of pyridine rings is 1. The highest BCUT2D eigenvalue weighted by Crippen LogP contribution is 2.39. The first kappa shape index (κ1) is 16.3. The van der Waals surface area contributed by atoms with Gasteiger partial charge in [-0.25, -0.2) is 0 Å². The summed E-state index contributed by atoms with van der Waals surface area (Å²) in [6.07, 6.45) is 1.16. The van der Waals surface area contributed by atoms with Crippen molar-refractivity contribution in [3.05, 3.63) is 90.5 Å². The highest BCUT2D eigenvalue weighted by atomic mass is 15.0. The first-order valence-corrected chi connectivity index (χ1v) is 9.86. The Morgan fingerprint density at radius 2 is 1.44 bits per heavy atom. The van der Waals surface area contributed by atoms with E-state index in [1.165, 1.54) is 38.9 Å². The Kier molecular flexibility index (Phi) is 3.82. The number of hydrogen-bond acceptors (Lipinski definition) is 0. The van der Waals surface area contributed by atoms with E-state index in [0.717, 1.165) is 6.42 Å². The second-order valence-electron chi connectivity index (χ2n) is 7.77. The Bertz CT molecular complexity index is 1130. The average molecular weight is 350 g/mol. The molecule has 1 aliphatic heterocycles. The van der Waals surface area contributed by atoms with Crippen LogP contribution in [0.3, 0.4) is 0 Å². The molecular formula is C26H24N+. The fourth-order valence-electron chi connectivity index (χ4n) is 4.77. The molecule has 1 aliphatic rings. The number of hydrogen-bond donors (Lipinski definition) is 0. The third kappa shape index (κ3) is 2.57. The van der Waals surface area contributed by atoms with Crippen LogP contribution >= 0.6 is 0 Å². The van der Waals surface area contributed by atoms with Gasteiger partial charge in [0.1, 0.15) is 0 Å². The van der Waals surface area contributed by atoms with Crippen LogP contribution in [0, 0.1) is 0 Å². The van der Waals surface area contributed by atoms with E-state index in [1.54, 1.807) is 0 Å². The van der Waals surface area contributed by atoms with Gasteiger partial charge in [0.25, 0.3) is 0 Å². The van der Waals surface area contributed by atoms with Crippen molar-refractivity contribution in [3.8, 4) is 22.4 Å². The van der Waals surface area contributed by atoms with Gasteiger partial charge >= 0.3 is 0 Å². The Balaban J connectivity index is 1.93. The lowest BCUT2D eigenvalue weighted by molar-refractivity contribution is -0.684. The zero-order chi connectivity index (χ0) is 18.4. The molecule has 0 spiro atoms. The summed E-state index contributed by atoms with van der Waals surface area (Å²) >= 11 is 0. The van der Waals surface area contributed by atoms with Gasteiger partial charge in [-0.15, -0.1) is 0 Å². The predicted octanol–water partition coefficient (Wildman–Crippen LogP) is 6.53. The van der Waals surface area contributed by atoms with Crippen molar-refractivity contribution in [1.29, 1.82) is 0 Å². The van der Waals surface area contributed by atoms with Gasteiger partial charge in [-0.3, -0.25) is 0 Å². The van der Waals surface area contributed by atoms with Crippen LogP contribution in [-0.2, 0) is 0 Å². The average Bonchev–Trinajstić information content (AvgIpc) is 2.83. The molecule has 1 heteroatoms. The number of benzene rings is 3. The molecule has 2 heterocycles. The quantitative estimate of drug-likeness (QED) is 0.344. The Labute approximate surface area is 160 Å². The summed E-state index contributed by atoms with van der Waals surface area (Å²) in [5.74, 6) is 0.551. The second kappa shape index (κ2) is 6.35. The van der Waals surface area contributed by atoms with Gasteiger partial charge in [0.2, 0.25) is 11.2 Å². The maximum absolute atomic E-state index is 2.56. The predicted molar refractivity (Wildman–Crippen MR) is 113 cm³/mol. The third-order valence-corrected chi connectivity index (χ3v) is 5.98. The Morgan fingerprint density at radius 1 is 0.741 bits per heavy atom. The minimum Gasteiger partial charge on any atom is -0.189 e. The van der Waals surface area contributed by atoms with Gasteiger partial charge in [-0.1, -0.05) is 67.6 Å². The minimum atomic E-state index is 0.456. The zero-order valence-electron chi connectivity index (χ0n) is 15.9. The summed E-state index contributed by atoms with van der Waals surface area (Å²) in [5.41, 5.74) is 8.08. The molecule has 4 aromatic rings. The number of rotatable bonds is 1. The lowest BCUT2D eigenvalue weighted by Gasteiger charge is -2.14. The zero-order valence-corrected chi connectivity index (χ0v) is 15.9. The summed E-state index contributed by atoms with van der Waals surface area (Å²) in [7, 11) is 0. The summed E-state index contributed by atoms with van der Waals surface area (Å²) < 4.78 is 2.56. The summed E-state index contributed by atoms with van der Waals surface area (Å²) in [5, 5.41) is 1.33. The maximum atomic E-state index is 2.56. The number of aromatic nitrogens is 1. The van der Waals surface area contributed by atoms with Crippen LogP contribution < -0.4 is 4.57 Å². The van der Waals surface area contributed by atoms with Crippen molar-refractivity contribution in [2.24, 2.45) is 0 Å². The molecule has 1 nitrogen and oxygen atoms in total. The number of nitrogens with zero attached hydrogens (tertiary/aromatic N) is 1. The van der Waals surface area contributed by atoms with E-state index in [4.69, 9.17) is 0 Å². The first-order valence-electron chi connectivity index (χ1n) is 9.86. The fourth-order valence-corrected chi connectivity index (χ4v) is 4.77. The topological polar surface area (TPSA) is 3.88 Å². The molecule has 0 amide bonds. The Hall–Kier alpha value is -2.93. The molecule has 27 heavy (non-hydrogen) atoms. The first-order chi connectivity index (χ1) is 13.2. The SMILES string of the molecule is CC1CC(C)[n+]2c(cc(-c3ccccc3)c3ccccc32)-c2ccccc21. The monoisotopic (exact) mass is 350 g/mol. The number of para-hydroxylation sites is 1. The van der Waals surface area contributed by atoms with Crippen molar-refractivity contribution in [2.45, 2.75) is 32.2 Å². The molecule has 0 aliphatic carbocycles. The van der Waals surface area contributed by atoms with Crippen LogP contribution in [0.4, 0.5) is 0 Å². The van der Waals surface area contributed by atoms with E-state index in [2.05, 4.69) is 103 Å². The van der Waals surface area contributed by atoms with Gasteiger partial charge in [-0.2, -0.15) is 4.57 Å². The van der Waals surface area contributed by atoms with Crippen molar-refractivity contribution in [3.63, 3.8) is 0 Å². The van der Waals surface area contributed by atoms with E-state index < -0.39 is 0 Å². The lowest BCUT2D eigenvalue weighted by atomic mass is 9.91. The molecule has 0 fully saturated rings. The maximum Gasteiger partial charge on any atom is 0.214 e. The molecule has 5 rings (SSSR count). The fraction of sp³-hybridized carbons (Fsp3) is 0.192. The normalized spacial score (nSPS) is 18.6. The lowest BCUT2D eigenvalue weighted by Crippen LogP contribution is -2.40. The summed E-state index contributed by atoms with van der Waals surface area (Å²) in [6.45, 7) is 4.72. The molecule has 0 radical (unpaired) electrons. The number of fused-ring (bicyclic) bond motifs is 5. The minimum absolute atomic E-state index is 0.456. The Morgan fingerprint density at radius 3 is 2.30 bits per heavy atom. The molecule has 2 unspecified atom stereocenters. The smallest absolute Gasteiger partial charge is 0.189 e. The van der Waals surface area contributed by atoms with Gasteiger partial charge in [-0.05, 0) is 36.1 Å². The van der Waals surface area contributed by atoms with Crippen LogP contribution in [0.25, 0.3) is 33.3 Å². The van der Waals surface area contributed by atoms with E-state index >= 15 is 0 Å². The van der Waals surface area contributed by atoms with Crippen LogP contribution in [0.1, 0.15) is 37.8 Å². The second-order valence-corrected chi connectivity index (χ2v) is 7.77. The highest BCUT2D eigenvalue weighted by Gasteiger charge is 2.32. The van der Waals surface area contributed by atoms with Crippen molar-refractivity contribution in [2.75, 3.05) is 0 Å². The third-order valence-electron chi connectivity index (χ3n) is 5.98. The van der Waals surface area contributed by atoms with E-state index in [1.807, 2.05) is 0 Å². The van der Waals surface area contributed by atoms with Gasteiger partial charge in [0.15, 0.2) is 6.04 Å². The van der Waals surface area contributed by atoms with E-state index in [-0.39, 0.29) is 0 Å². The largest absolute Gasteiger partial charge is 0.214 e. The molecular weight excluding hydrogens is 326 g/mol. The molecule has 0 bridgehead atoms. The van der Waals surface area contributed by atoms with Crippen LogP contribution in [0.15, 0.2) is 84.9 Å². The highest BCUT2D eigenvalue weighted by molar-refractivity contribution is 5.94. The summed E-state index contributed by atoms with van der Waals surface area (Å²) in [4.78, 5) is 0. The molecule has 2 atom stereocenters. The summed E-state index contributed by atoms with van der Waals surface area (Å²) in [6, 6.07) is 31.4. The van der Waals surface area contributed by atoms with E-state index in [9.17, 15) is 0 Å². The van der Waals surface area contributed by atoms with Gasteiger partial charge in [0.05, 0.1) is 5.39 Å². The molecule has 1 aromatic heterocycles. The van der Waals surface area contributed by atoms with Crippen LogP contribution in [0.5, 0.6) is 0 Å². The molecule has 132 valence electrons. The molecule has 0 saturated carbocycles. The van der Waals surface area contributed by atoms with E-state index in [0.29, 0.717) is 12.0 Å². The van der Waals surface area contributed by atoms with Crippen LogP contribution in [-0.4, -0.2) is 0 Å². The molecule has 3 aromatic carbocycles. The molecule has 0 N–H and O–H groups in total. The van der Waals surface area contributed by atoms with Crippen molar-refractivity contribution in [1.82, 2.24) is 0 Å². The molecule has 0 saturated heterocycles. The van der Waals surface area contributed by atoms with Crippen molar-refractivity contribution >= 4 is 10.9 Å². The van der Waals surface area contributed by atoms with Gasteiger partial charge in [0, 0.05) is 29.7 Å². The van der Waals surface area contributed by atoms with Gasteiger partial charge < -0.3 is 0 Å². The van der Waals surface area contributed by atoms with Crippen LogP contribution in [0.2, 0.25) is 0 Å². The standard InChI is InChI=1S/C26H24N/c1-18-16-19(2)27-25-15-9-8-14-23(25)24(20-10-4-3-5-11-20)17-26(27)22-13-7-6-12-21(18)22/h3-15,17-19H,16H2,1-2H3/q+1. The van der Waals surface area contributed by atoms with Crippen molar-refractivity contribution < 1.29 is 4.57 Å².